The van der Waals surface area contributed by atoms with Gasteiger partial charge in [-0.2, -0.15) is 0 Å². The Morgan fingerprint density at radius 1 is 0.973 bits per heavy atom. The van der Waals surface area contributed by atoms with Crippen molar-refractivity contribution in [1.29, 1.82) is 0 Å². The average molecular weight is 507 g/mol. The number of ether oxygens (including phenoxy) is 3. The van der Waals surface area contributed by atoms with Crippen LogP contribution >= 0.6 is 0 Å². The fraction of sp³-hybridized carbons (Fsp3) is 0.433. The van der Waals surface area contributed by atoms with Crippen LogP contribution in [-0.2, 0) is 20.7 Å². The largest absolute Gasteiger partial charge is 0.507 e. The van der Waals surface area contributed by atoms with Crippen LogP contribution in [0.1, 0.15) is 82.0 Å². The molecule has 0 bridgehead atoms. The van der Waals surface area contributed by atoms with Gasteiger partial charge in [-0.1, -0.05) is 24.3 Å². The Labute approximate surface area is 217 Å². The number of rotatable bonds is 9. The number of benzene rings is 2. The maximum atomic E-state index is 12.9. The molecule has 0 fully saturated rings. The highest BCUT2D eigenvalue weighted by Gasteiger charge is 2.42. The van der Waals surface area contributed by atoms with E-state index in [1.165, 1.54) is 6.08 Å². The maximum Gasteiger partial charge on any atom is 0.350 e. The first-order chi connectivity index (χ1) is 17.6. The van der Waals surface area contributed by atoms with Crippen molar-refractivity contribution in [3.63, 3.8) is 0 Å². The summed E-state index contributed by atoms with van der Waals surface area (Å²) >= 11 is 0. The average Bonchev–Trinajstić information content (AvgIpc) is 2.90. The molecular weight excluding hydrogens is 472 g/mol. The zero-order chi connectivity index (χ0) is 26.7. The van der Waals surface area contributed by atoms with E-state index in [0.29, 0.717) is 49.4 Å². The van der Waals surface area contributed by atoms with Gasteiger partial charge in [0.05, 0.1) is 13.2 Å². The van der Waals surface area contributed by atoms with Crippen LogP contribution in [0.2, 0.25) is 0 Å². The second kappa shape index (κ2) is 10.8. The van der Waals surface area contributed by atoms with Gasteiger partial charge < -0.3 is 19.3 Å². The predicted molar refractivity (Wildman–Crippen MR) is 138 cm³/mol. The number of phenolic OH excluding ortho intramolecular Hbond substituents is 1. The molecule has 1 atom stereocenters. The summed E-state index contributed by atoms with van der Waals surface area (Å²) in [4.78, 5) is 37.6. The minimum absolute atomic E-state index is 0.0933. The molecule has 2 aromatic rings. The summed E-state index contributed by atoms with van der Waals surface area (Å²) in [5.74, 6) is 0.200. The SMILES string of the molecule is Cc1c(C)c2c(c(C)c1O)CCC(C)(C(=O)OCCCCCCOC1=CC(=O)c3ccccc3C1=O)O2. The van der Waals surface area contributed by atoms with Crippen LogP contribution in [-0.4, -0.2) is 41.5 Å². The zero-order valence-electron chi connectivity index (χ0n) is 21.9. The first-order valence-electron chi connectivity index (χ1n) is 12.8. The summed E-state index contributed by atoms with van der Waals surface area (Å²) in [7, 11) is 0. The van der Waals surface area contributed by atoms with Gasteiger partial charge in [-0.15, -0.1) is 0 Å². The van der Waals surface area contributed by atoms with Crippen LogP contribution in [0.4, 0.5) is 0 Å². The Morgan fingerprint density at radius 3 is 2.38 bits per heavy atom. The van der Waals surface area contributed by atoms with Gasteiger partial charge >= 0.3 is 5.97 Å². The Bertz CT molecular complexity index is 1270. The second-order valence-electron chi connectivity index (χ2n) is 10.0. The van der Waals surface area contributed by atoms with Gasteiger partial charge in [0.25, 0.3) is 0 Å². The number of carbonyl (C=O) groups is 3. The number of hydrogen-bond acceptors (Lipinski definition) is 7. The van der Waals surface area contributed by atoms with Crippen LogP contribution in [0, 0.1) is 20.8 Å². The van der Waals surface area contributed by atoms with E-state index in [-0.39, 0.29) is 29.0 Å². The number of aromatic hydroxyl groups is 1. The number of hydrogen-bond donors (Lipinski definition) is 1. The van der Waals surface area contributed by atoms with Crippen molar-refractivity contribution in [2.24, 2.45) is 0 Å². The van der Waals surface area contributed by atoms with Crippen LogP contribution in [0.3, 0.4) is 0 Å². The zero-order valence-corrected chi connectivity index (χ0v) is 21.9. The van der Waals surface area contributed by atoms with Crippen LogP contribution < -0.4 is 4.74 Å². The molecule has 0 amide bonds. The molecule has 7 heteroatoms. The quantitative estimate of drug-likeness (QED) is 0.355. The van der Waals surface area contributed by atoms with Crippen molar-refractivity contribution in [1.82, 2.24) is 0 Å². The third-order valence-electron chi connectivity index (χ3n) is 7.40. The molecule has 1 unspecified atom stereocenters. The summed E-state index contributed by atoms with van der Waals surface area (Å²) in [6.07, 6.45) is 5.49. The molecule has 2 aromatic carbocycles. The monoisotopic (exact) mass is 506 g/mol. The number of fused-ring (bicyclic) bond motifs is 2. The Kier molecular flexibility index (Phi) is 7.71. The number of ketones is 2. The summed E-state index contributed by atoms with van der Waals surface area (Å²) < 4.78 is 17.3. The van der Waals surface area contributed by atoms with Gasteiger partial charge in [0.2, 0.25) is 11.4 Å². The second-order valence-corrected chi connectivity index (χ2v) is 10.0. The molecule has 196 valence electrons. The van der Waals surface area contributed by atoms with Gasteiger partial charge in [0, 0.05) is 29.2 Å². The van der Waals surface area contributed by atoms with Crippen LogP contribution in [0.5, 0.6) is 11.5 Å². The van der Waals surface area contributed by atoms with Crippen molar-refractivity contribution in [3.8, 4) is 11.5 Å². The minimum Gasteiger partial charge on any atom is -0.507 e. The highest BCUT2D eigenvalue weighted by atomic mass is 16.6. The van der Waals surface area contributed by atoms with Crippen molar-refractivity contribution >= 4 is 17.5 Å². The topological polar surface area (TPSA) is 99.1 Å². The molecule has 0 radical (unpaired) electrons. The fourth-order valence-corrected chi connectivity index (χ4v) is 4.85. The number of Topliss-reactive ketones (excluding diaryl/α,β-unsaturated/α-hetero) is 1. The minimum atomic E-state index is -1.06. The van der Waals surface area contributed by atoms with E-state index >= 15 is 0 Å². The van der Waals surface area contributed by atoms with Gasteiger partial charge in [0.1, 0.15) is 11.5 Å². The molecule has 1 N–H and O–H groups in total. The smallest absolute Gasteiger partial charge is 0.350 e. The molecule has 7 nitrogen and oxygen atoms in total. The molecular formula is C30H34O7. The maximum absolute atomic E-state index is 12.9. The van der Waals surface area contributed by atoms with Crippen molar-refractivity contribution in [3.05, 3.63) is 69.5 Å². The fourth-order valence-electron chi connectivity index (χ4n) is 4.85. The summed E-state index contributed by atoms with van der Waals surface area (Å²) in [6, 6.07) is 6.74. The van der Waals surface area contributed by atoms with E-state index in [1.54, 1.807) is 31.2 Å². The number of phenols is 1. The Hall–Kier alpha value is -3.61. The molecule has 1 aliphatic heterocycles. The van der Waals surface area contributed by atoms with Crippen molar-refractivity contribution in [2.45, 2.75) is 71.8 Å². The first kappa shape index (κ1) is 26.5. The standard InChI is InChI=1S/C30H34O7/c1-18-19(2)28-21(20(3)26(18)32)13-14-30(4,37-28)29(34)36-16-10-6-5-9-15-35-25-17-24(31)22-11-7-8-12-23(22)27(25)33/h7-8,11-12,17,32H,5-6,9-10,13-16H2,1-4H3. The van der Waals surface area contributed by atoms with E-state index in [9.17, 15) is 19.5 Å². The van der Waals surface area contributed by atoms with Crippen molar-refractivity contribution < 1.29 is 33.7 Å². The summed E-state index contributed by atoms with van der Waals surface area (Å²) in [5, 5.41) is 10.3. The summed E-state index contributed by atoms with van der Waals surface area (Å²) in [6.45, 7) is 8.01. The van der Waals surface area contributed by atoms with Crippen LogP contribution in [0.25, 0.3) is 0 Å². The molecule has 1 aliphatic carbocycles. The molecule has 2 aliphatic rings. The third-order valence-corrected chi connectivity index (χ3v) is 7.40. The summed E-state index contributed by atoms with van der Waals surface area (Å²) in [5.41, 5.74) is 3.09. The highest BCUT2D eigenvalue weighted by Crippen LogP contribution is 2.43. The Balaban J connectivity index is 1.17. The predicted octanol–water partition coefficient (Wildman–Crippen LogP) is 5.48. The first-order valence-corrected chi connectivity index (χ1v) is 12.8. The molecule has 0 saturated carbocycles. The van der Waals surface area contributed by atoms with E-state index in [4.69, 9.17) is 14.2 Å². The van der Waals surface area contributed by atoms with Crippen molar-refractivity contribution in [2.75, 3.05) is 13.2 Å². The molecule has 0 aromatic heterocycles. The normalized spacial score (nSPS) is 18.4. The number of allylic oxidation sites excluding steroid dienone is 2. The number of esters is 1. The lowest BCUT2D eigenvalue weighted by Crippen LogP contribution is -2.46. The Morgan fingerprint density at radius 2 is 1.65 bits per heavy atom. The van der Waals surface area contributed by atoms with Gasteiger partial charge in [-0.25, -0.2) is 4.79 Å². The lowest BCUT2D eigenvalue weighted by Gasteiger charge is -2.35. The van der Waals surface area contributed by atoms with Crippen LogP contribution in [0.15, 0.2) is 36.1 Å². The van der Waals surface area contributed by atoms with Gasteiger partial charge in [-0.05, 0) is 76.5 Å². The van der Waals surface area contributed by atoms with E-state index < -0.39 is 5.60 Å². The number of unbranched alkanes of at least 4 members (excludes halogenated alkanes) is 3. The van der Waals surface area contributed by atoms with Gasteiger partial charge in [0.15, 0.2) is 11.5 Å². The van der Waals surface area contributed by atoms with E-state index in [0.717, 1.165) is 41.5 Å². The molecule has 1 heterocycles. The molecule has 0 spiro atoms. The lowest BCUT2D eigenvalue weighted by molar-refractivity contribution is -0.162. The number of carbonyl (C=O) groups excluding carboxylic acids is 3. The highest BCUT2D eigenvalue weighted by molar-refractivity contribution is 6.23. The third kappa shape index (κ3) is 5.26. The molecule has 0 saturated heterocycles. The molecule has 4 rings (SSSR count). The lowest BCUT2D eigenvalue weighted by atomic mass is 9.87. The van der Waals surface area contributed by atoms with E-state index in [2.05, 4.69) is 0 Å². The van der Waals surface area contributed by atoms with E-state index in [1.807, 2.05) is 20.8 Å². The van der Waals surface area contributed by atoms with Gasteiger partial charge in [-0.3, -0.25) is 9.59 Å². The molecule has 37 heavy (non-hydrogen) atoms.